The molecule has 4 aromatic rings. The number of benzene rings is 4. The molecule has 0 N–H and O–H groups in total. The van der Waals surface area contributed by atoms with E-state index in [0.717, 1.165) is 12.8 Å². The first-order valence-electron chi connectivity index (χ1n) is 16.5. The summed E-state index contributed by atoms with van der Waals surface area (Å²) in [4.78, 5) is 0. The van der Waals surface area contributed by atoms with Gasteiger partial charge in [-0.1, -0.05) is 0 Å². The normalized spacial score (nSPS) is 16.7. The van der Waals surface area contributed by atoms with Crippen molar-refractivity contribution >= 4 is 16.4 Å². The van der Waals surface area contributed by atoms with Gasteiger partial charge in [0.2, 0.25) is 0 Å². The molecule has 6 rings (SSSR count). The molecule has 0 aliphatic heterocycles. The molecule has 46 heavy (non-hydrogen) atoms. The zero-order valence-corrected chi connectivity index (χ0v) is 32.7. The van der Waals surface area contributed by atoms with E-state index in [0.29, 0.717) is 7.25 Å². The van der Waals surface area contributed by atoms with E-state index in [1.165, 1.54) is 55.6 Å². The summed E-state index contributed by atoms with van der Waals surface area (Å²) in [5.41, 5.74) is 17.6. The fraction of sp³-hybridized carbons (Fsp3) is 0.326. The average Bonchev–Trinajstić information content (AvgIpc) is 3.58. The minimum atomic E-state index is -2.37. The van der Waals surface area contributed by atoms with Crippen molar-refractivity contribution in [2.45, 2.75) is 86.3 Å². The molecule has 238 valence electrons. The molecule has 0 heterocycles. The molecule has 0 amide bonds. The zero-order chi connectivity index (χ0) is 31.4. The van der Waals surface area contributed by atoms with E-state index in [2.05, 4.69) is 152 Å². The monoisotopic (exact) mass is 724 g/mol. The van der Waals surface area contributed by atoms with Gasteiger partial charge in [0.05, 0.1) is 0 Å². The Morgan fingerprint density at radius 1 is 0.543 bits per heavy atom. The van der Waals surface area contributed by atoms with Crippen LogP contribution < -0.4 is 24.8 Å². The smallest absolute Gasteiger partial charge is 1.00 e. The molecule has 2 unspecified atom stereocenters. The Labute approximate surface area is 298 Å². The SMILES string of the molecule is [CH2]=[Zr+2]([CH]1C(CC)=Cc2c(-c3ccc(C(C)(C)C)cc3)cccc21)[CH]1C(CC)=Cc2c(-c3ccc(C(C)(C)C)cc3)cccc21.[Cl-].[Cl-]. The van der Waals surface area contributed by atoms with Gasteiger partial charge in [-0.05, 0) is 0 Å². The summed E-state index contributed by atoms with van der Waals surface area (Å²) in [5, 5.41) is 0. The number of hydrogen-bond donors (Lipinski definition) is 0. The molecule has 0 nitrogen and oxygen atoms in total. The van der Waals surface area contributed by atoms with Crippen LogP contribution in [0.5, 0.6) is 0 Å². The van der Waals surface area contributed by atoms with Crippen molar-refractivity contribution in [3.05, 3.63) is 129 Å². The Balaban J connectivity index is 0.00000240. The van der Waals surface area contributed by atoms with Crippen LogP contribution in [0, 0.1) is 0 Å². The molecule has 4 aromatic carbocycles. The molecule has 2 atom stereocenters. The van der Waals surface area contributed by atoms with Gasteiger partial charge < -0.3 is 24.8 Å². The topological polar surface area (TPSA) is 0 Å². The van der Waals surface area contributed by atoms with Crippen LogP contribution in [0.4, 0.5) is 0 Å². The summed E-state index contributed by atoms with van der Waals surface area (Å²) in [6.07, 6.45) is 7.26. The number of allylic oxidation sites excluding steroid dienone is 2. The third-order valence-electron chi connectivity index (χ3n) is 9.98. The van der Waals surface area contributed by atoms with E-state index in [1.54, 1.807) is 11.1 Å². The molecule has 0 aromatic heterocycles. The predicted octanol–water partition coefficient (Wildman–Crippen LogP) is 6.07. The van der Waals surface area contributed by atoms with Crippen LogP contribution in [0.25, 0.3) is 34.4 Å². The first-order chi connectivity index (χ1) is 20.9. The summed E-state index contributed by atoms with van der Waals surface area (Å²) in [6, 6.07) is 32.6. The fourth-order valence-electron chi connectivity index (χ4n) is 7.39. The van der Waals surface area contributed by atoms with E-state index >= 15 is 0 Å². The van der Waals surface area contributed by atoms with Crippen LogP contribution in [-0.2, 0) is 32.1 Å². The van der Waals surface area contributed by atoms with Crippen molar-refractivity contribution in [2.75, 3.05) is 0 Å². The molecule has 0 radical (unpaired) electrons. The fourth-order valence-corrected chi connectivity index (χ4v) is 15.2. The van der Waals surface area contributed by atoms with Gasteiger partial charge in [0.1, 0.15) is 0 Å². The summed E-state index contributed by atoms with van der Waals surface area (Å²) >= 11 is -2.37. The Morgan fingerprint density at radius 2 is 0.891 bits per heavy atom. The first kappa shape index (κ1) is 36.5. The van der Waals surface area contributed by atoms with Crippen LogP contribution in [0.1, 0.15) is 109 Å². The number of rotatable bonds is 6. The Hall–Kier alpha value is -2.31. The Kier molecular flexibility index (Phi) is 11.2. The van der Waals surface area contributed by atoms with Crippen molar-refractivity contribution in [1.29, 1.82) is 0 Å². The minimum absolute atomic E-state index is 0. The Bertz CT molecular complexity index is 1660. The van der Waals surface area contributed by atoms with Gasteiger partial charge >= 0.3 is 276 Å². The molecule has 3 heteroatoms. The largest absolute Gasteiger partial charge is 1.00 e. The summed E-state index contributed by atoms with van der Waals surface area (Å²) in [7, 11) is 0. The summed E-state index contributed by atoms with van der Waals surface area (Å²) < 4.78 is 6.21. The maximum absolute atomic E-state index is 5.19. The maximum atomic E-state index is 5.19. The number of halogens is 2. The van der Waals surface area contributed by atoms with Gasteiger partial charge in [-0.3, -0.25) is 0 Å². The van der Waals surface area contributed by atoms with E-state index in [4.69, 9.17) is 4.21 Å². The van der Waals surface area contributed by atoms with E-state index < -0.39 is 21.3 Å². The van der Waals surface area contributed by atoms with Gasteiger partial charge in [-0.15, -0.1) is 0 Å². The molecule has 0 saturated carbocycles. The van der Waals surface area contributed by atoms with Crippen molar-refractivity contribution < 1.29 is 46.1 Å². The molecule has 0 spiro atoms. The van der Waals surface area contributed by atoms with Gasteiger partial charge in [0.15, 0.2) is 0 Å². The summed E-state index contributed by atoms with van der Waals surface area (Å²) in [6.45, 7) is 18.4. The van der Waals surface area contributed by atoms with Gasteiger partial charge in [-0.25, -0.2) is 0 Å². The van der Waals surface area contributed by atoms with Crippen molar-refractivity contribution in [1.82, 2.24) is 0 Å². The molecule has 2 aliphatic carbocycles. The first-order valence-corrected chi connectivity index (χ1v) is 21.1. The van der Waals surface area contributed by atoms with E-state index in [1.807, 2.05) is 0 Å². The third kappa shape index (κ3) is 6.68. The van der Waals surface area contributed by atoms with Gasteiger partial charge in [-0.2, -0.15) is 0 Å². The average molecular weight is 727 g/mol. The van der Waals surface area contributed by atoms with Crippen LogP contribution in [0.3, 0.4) is 0 Å². The van der Waals surface area contributed by atoms with Crippen LogP contribution in [0.15, 0.2) is 96.1 Å². The minimum Gasteiger partial charge on any atom is -1.00 e. The molecule has 0 bridgehead atoms. The Morgan fingerprint density at radius 3 is 1.20 bits per heavy atom. The standard InChI is InChI=1S/2C21H23.CH2.2ClH.Zr/c2*1-5-15-13-17-7-6-8-19(20(17)14-15)16-9-11-18(12-10-16)21(2,3)4;;;;/h2*6-14H,5H2,1-4H3;1H2;2*1H;/q;;;;;+2/p-2. The van der Waals surface area contributed by atoms with E-state index in [-0.39, 0.29) is 35.6 Å². The van der Waals surface area contributed by atoms with Crippen LogP contribution in [-0.4, -0.2) is 4.21 Å². The van der Waals surface area contributed by atoms with E-state index in [9.17, 15) is 0 Å². The van der Waals surface area contributed by atoms with Crippen LogP contribution >= 0.6 is 0 Å². The van der Waals surface area contributed by atoms with Gasteiger partial charge in [0.25, 0.3) is 0 Å². The molecule has 0 fully saturated rings. The van der Waals surface area contributed by atoms with Crippen molar-refractivity contribution in [3.63, 3.8) is 0 Å². The zero-order valence-electron chi connectivity index (χ0n) is 28.8. The van der Waals surface area contributed by atoms with Crippen molar-refractivity contribution in [3.8, 4) is 22.3 Å². The second-order valence-electron chi connectivity index (χ2n) is 14.9. The second-order valence-corrected chi connectivity index (χ2v) is 20.5. The van der Waals surface area contributed by atoms with Crippen molar-refractivity contribution in [2.24, 2.45) is 0 Å². The third-order valence-corrected chi connectivity index (χ3v) is 17.0. The molecular weight excluding hydrogens is 679 g/mol. The molecule has 2 aliphatic rings. The second kappa shape index (κ2) is 14.0. The van der Waals surface area contributed by atoms with Crippen LogP contribution in [0.2, 0.25) is 0 Å². The number of fused-ring (bicyclic) bond motifs is 2. The summed E-state index contributed by atoms with van der Waals surface area (Å²) in [5.74, 6) is 0. The van der Waals surface area contributed by atoms with Gasteiger partial charge in [0, 0.05) is 0 Å². The maximum Gasteiger partial charge on any atom is -1.00 e. The molecule has 0 saturated heterocycles. The molecular formula is C43H48Cl2Zr. The quantitative estimate of drug-likeness (QED) is 0.227. The number of hydrogen-bond acceptors (Lipinski definition) is 0. The predicted molar refractivity (Wildman–Crippen MR) is 190 cm³/mol.